The van der Waals surface area contributed by atoms with Crippen LogP contribution in [0.4, 0.5) is 10.7 Å². The van der Waals surface area contributed by atoms with Crippen molar-refractivity contribution in [3.8, 4) is 0 Å². The van der Waals surface area contributed by atoms with Crippen LogP contribution in [0, 0.1) is 0 Å². The van der Waals surface area contributed by atoms with E-state index in [4.69, 9.17) is 0 Å². The first kappa shape index (κ1) is 20.5. The number of nitrogens with one attached hydrogen (secondary N) is 1. The molecule has 31 heavy (non-hydrogen) atoms. The maximum atomic E-state index is 12.7. The topological polar surface area (TPSA) is 48.5 Å². The maximum Gasteiger partial charge on any atom is 0.261 e. The Morgan fingerprint density at radius 3 is 2.90 bits per heavy atom. The Labute approximate surface area is 191 Å². The predicted molar refractivity (Wildman–Crippen MR) is 129 cm³/mol. The Hall–Kier alpha value is -2.35. The third kappa shape index (κ3) is 4.63. The van der Waals surface area contributed by atoms with E-state index >= 15 is 0 Å². The normalized spacial score (nSPS) is 15.9. The molecule has 0 atom stereocenters. The van der Waals surface area contributed by atoms with Gasteiger partial charge in [-0.3, -0.25) is 9.69 Å². The molecule has 0 unspecified atom stereocenters. The molecule has 1 amide bonds. The van der Waals surface area contributed by atoms with Crippen LogP contribution in [0.15, 0.2) is 59.8 Å². The summed E-state index contributed by atoms with van der Waals surface area (Å²) in [6.07, 6.45) is 3.92. The first-order valence-corrected chi connectivity index (χ1v) is 12.6. The highest BCUT2D eigenvalue weighted by molar-refractivity contribution is 7.99. The molecule has 160 valence electrons. The molecular weight excluding hydrogens is 424 g/mol. The van der Waals surface area contributed by atoms with Crippen LogP contribution in [0.5, 0.6) is 0 Å². The number of aromatic nitrogens is 1. The van der Waals surface area contributed by atoms with Crippen LogP contribution < -0.4 is 10.2 Å². The largest absolute Gasteiger partial charge is 0.351 e. The van der Waals surface area contributed by atoms with Crippen LogP contribution in [0.1, 0.15) is 27.2 Å². The van der Waals surface area contributed by atoms with Crippen molar-refractivity contribution in [2.45, 2.75) is 24.4 Å². The minimum atomic E-state index is 0.0260. The lowest BCUT2D eigenvalue weighted by atomic mass is 10.00. The maximum absolute atomic E-state index is 12.7. The van der Waals surface area contributed by atoms with E-state index < -0.39 is 0 Å². The molecule has 5 rings (SSSR count). The Bertz CT molecular complexity index is 1070. The van der Waals surface area contributed by atoms with Crippen LogP contribution in [-0.4, -0.2) is 47.7 Å². The van der Waals surface area contributed by atoms with Gasteiger partial charge < -0.3 is 10.2 Å². The van der Waals surface area contributed by atoms with Crippen molar-refractivity contribution in [2.75, 3.05) is 36.8 Å². The Kier molecular flexibility index (Phi) is 6.25. The Morgan fingerprint density at radius 2 is 1.97 bits per heavy atom. The zero-order valence-electron chi connectivity index (χ0n) is 17.4. The Morgan fingerprint density at radius 1 is 1.06 bits per heavy atom. The van der Waals surface area contributed by atoms with E-state index in [9.17, 15) is 4.79 Å². The van der Waals surface area contributed by atoms with E-state index in [0.29, 0.717) is 6.54 Å². The summed E-state index contributed by atoms with van der Waals surface area (Å²) in [5, 5.41) is 5.27. The summed E-state index contributed by atoms with van der Waals surface area (Å²) in [5.74, 6) is 1.03. The zero-order chi connectivity index (χ0) is 21.0. The van der Waals surface area contributed by atoms with Gasteiger partial charge >= 0.3 is 0 Å². The third-order valence-electron chi connectivity index (χ3n) is 5.82. The standard InChI is InChI=1S/C24H26N4OS2/c29-23(25-12-4-13-27-14-10-18-5-1-2-6-19(18)17-27)21-8-9-22(31-21)28-15-16-30-24-20(28)7-3-11-26-24/h1-3,5-9,11H,4,10,12-17H2,(H,25,29). The quantitative estimate of drug-likeness (QED) is 0.558. The number of benzene rings is 1. The second kappa shape index (κ2) is 9.42. The number of thiophene rings is 1. The molecular formula is C24H26N4OS2. The van der Waals surface area contributed by atoms with E-state index in [2.05, 4.69) is 56.5 Å². The summed E-state index contributed by atoms with van der Waals surface area (Å²) in [6, 6.07) is 16.8. The summed E-state index contributed by atoms with van der Waals surface area (Å²) in [6.45, 7) is 4.77. The summed E-state index contributed by atoms with van der Waals surface area (Å²) < 4.78 is 0. The van der Waals surface area contributed by atoms with Gasteiger partial charge in [-0.2, -0.15) is 0 Å². The molecule has 7 heteroatoms. The van der Waals surface area contributed by atoms with Gasteiger partial charge in [0.15, 0.2) is 0 Å². The summed E-state index contributed by atoms with van der Waals surface area (Å²) >= 11 is 3.35. The molecule has 2 aliphatic rings. The van der Waals surface area contributed by atoms with E-state index in [1.54, 1.807) is 23.1 Å². The van der Waals surface area contributed by atoms with Gasteiger partial charge in [0.1, 0.15) is 5.03 Å². The second-order valence-corrected chi connectivity index (χ2v) is 10.0. The number of anilines is 2. The number of fused-ring (bicyclic) bond motifs is 2. The van der Waals surface area contributed by atoms with E-state index in [0.717, 1.165) is 65.4 Å². The van der Waals surface area contributed by atoms with Gasteiger partial charge in [-0.1, -0.05) is 24.3 Å². The molecule has 2 aromatic heterocycles. The van der Waals surface area contributed by atoms with Crippen molar-refractivity contribution in [1.82, 2.24) is 15.2 Å². The Balaban J connectivity index is 1.12. The number of thioether (sulfide) groups is 1. The third-order valence-corrected chi connectivity index (χ3v) is 7.91. The lowest BCUT2D eigenvalue weighted by Gasteiger charge is -2.28. The van der Waals surface area contributed by atoms with Crippen molar-refractivity contribution in [3.05, 3.63) is 70.7 Å². The van der Waals surface area contributed by atoms with Gasteiger partial charge in [0, 0.05) is 44.7 Å². The highest BCUT2D eigenvalue weighted by Gasteiger charge is 2.22. The van der Waals surface area contributed by atoms with E-state index in [1.165, 1.54) is 11.1 Å². The molecule has 4 heterocycles. The highest BCUT2D eigenvalue weighted by Crippen LogP contribution is 2.39. The molecule has 0 saturated carbocycles. The number of nitrogens with zero attached hydrogens (tertiary/aromatic N) is 3. The first-order valence-electron chi connectivity index (χ1n) is 10.8. The van der Waals surface area contributed by atoms with Crippen molar-refractivity contribution < 1.29 is 4.79 Å². The molecule has 0 aliphatic carbocycles. The molecule has 2 aliphatic heterocycles. The van der Waals surface area contributed by atoms with Gasteiger partial charge in [-0.25, -0.2) is 4.98 Å². The smallest absolute Gasteiger partial charge is 0.261 e. The van der Waals surface area contributed by atoms with Crippen LogP contribution in [0.2, 0.25) is 0 Å². The fourth-order valence-corrected chi connectivity index (χ4v) is 6.10. The van der Waals surface area contributed by atoms with Crippen molar-refractivity contribution >= 4 is 39.7 Å². The van der Waals surface area contributed by atoms with Gasteiger partial charge in [0.05, 0.1) is 15.6 Å². The van der Waals surface area contributed by atoms with Gasteiger partial charge in [0.2, 0.25) is 0 Å². The number of rotatable bonds is 6. The number of amides is 1. The SMILES string of the molecule is O=C(NCCCN1CCc2ccccc2C1)c1ccc(N2CCSc3ncccc32)s1. The zero-order valence-corrected chi connectivity index (χ0v) is 19.1. The molecule has 0 radical (unpaired) electrons. The molecule has 0 bridgehead atoms. The highest BCUT2D eigenvalue weighted by atomic mass is 32.2. The van der Waals surface area contributed by atoms with Crippen molar-refractivity contribution in [3.63, 3.8) is 0 Å². The number of carbonyl (C=O) groups excluding carboxylic acids is 1. The summed E-state index contributed by atoms with van der Waals surface area (Å²) in [7, 11) is 0. The van der Waals surface area contributed by atoms with Crippen LogP contribution in [0.25, 0.3) is 0 Å². The monoisotopic (exact) mass is 450 g/mol. The number of hydrogen-bond acceptors (Lipinski definition) is 6. The van der Waals surface area contributed by atoms with E-state index in [-0.39, 0.29) is 5.91 Å². The first-order chi connectivity index (χ1) is 15.3. The minimum Gasteiger partial charge on any atom is -0.351 e. The van der Waals surface area contributed by atoms with Gasteiger partial charge in [0.25, 0.3) is 5.91 Å². The number of carbonyl (C=O) groups is 1. The average Bonchev–Trinajstić information content (AvgIpc) is 3.31. The summed E-state index contributed by atoms with van der Waals surface area (Å²) in [4.78, 5) is 22.7. The fourth-order valence-electron chi connectivity index (χ4n) is 4.21. The van der Waals surface area contributed by atoms with Crippen LogP contribution >= 0.6 is 23.1 Å². The van der Waals surface area contributed by atoms with Gasteiger partial charge in [-0.05, 0) is 48.2 Å². The van der Waals surface area contributed by atoms with Crippen LogP contribution in [-0.2, 0) is 13.0 Å². The molecule has 0 saturated heterocycles. The molecule has 0 fully saturated rings. The summed E-state index contributed by atoms with van der Waals surface area (Å²) in [5.41, 5.74) is 4.05. The fraction of sp³-hybridized carbons (Fsp3) is 0.333. The van der Waals surface area contributed by atoms with Crippen molar-refractivity contribution in [2.24, 2.45) is 0 Å². The predicted octanol–water partition coefficient (Wildman–Crippen LogP) is 4.57. The minimum absolute atomic E-state index is 0.0260. The lowest BCUT2D eigenvalue weighted by molar-refractivity contribution is 0.0955. The number of hydrogen-bond donors (Lipinski definition) is 1. The van der Waals surface area contributed by atoms with Crippen LogP contribution in [0.3, 0.4) is 0 Å². The molecule has 1 aromatic carbocycles. The average molecular weight is 451 g/mol. The molecule has 5 nitrogen and oxygen atoms in total. The second-order valence-electron chi connectivity index (χ2n) is 7.87. The lowest BCUT2D eigenvalue weighted by Crippen LogP contribution is -2.33. The number of pyridine rings is 1. The van der Waals surface area contributed by atoms with Gasteiger partial charge in [-0.15, -0.1) is 23.1 Å². The van der Waals surface area contributed by atoms with Crippen molar-refractivity contribution in [1.29, 1.82) is 0 Å². The molecule has 1 N–H and O–H groups in total. The molecule has 0 spiro atoms. The molecule has 3 aromatic rings. The van der Waals surface area contributed by atoms with E-state index in [1.807, 2.05) is 18.3 Å².